The van der Waals surface area contributed by atoms with Crippen LogP contribution in [0.4, 0.5) is 0 Å². The molecule has 0 radical (unpaired) electrons. The van der Waals surface area contributed by atoms with E-state index in [4.69, 9.17) is 5.11 Å². The fourth-order valence-electron chi connectivity index (χ4n) is 1.79. The number of benzene rings is 1. The van der Waals surface area contributed by atoms with Crippen molar-refractivity contribution >= 4 is 16.9 Å². The molecule has 0 saturated carbocycles. The first-order chi connectivity index (χ1) is 7.70. The van der Waals surface area contributed by atoms with Crippen molar-refractivity contribution in [1.82, 2.24) is 10.2 Å². The Labute approximate surface area is 93.3 Å². The molecule has 0 atom stereocenters. The number of rotatable bonds is 4. The van der Waals surface area contributed by atoms with Crippen molar-refractivity contribution < 1.29 is 9.90 Å². The predicted octanol–water partition coefficient (Wildman–Crippen LogP) is 2.14. The number of carbonyl (C=O) groups is 1. The lowest BCUT2D eigenvalue weighted by molar-refractivity contribution is -0.136. The zero-order valence-corrected chi connectivity index (χ0v) is 9.16. The van der Waals surface area contributed by atoms with E-state index in [1.165, 1.54) is 0 Å². The summed E-state index contributed by atoms with van der Waals surface area (Å²) in [5.74, 6) is -0.761. The average molecular weight is 218 g/mol. The molecule has 0 aliphatic carbocycles. The van der Waals surface area contributed by atoms with Crippen LogP contribution in [0.15, 0.2) is 18.2 Å². The zero-order valence-electron chi connectivity index (χ0n) is 9.16. The van der Waals surface area contributed by atoms with E-state index in [2.05, 4.69) is 17.1 Å². The third-order valence-electron chi connectivity index (χ3n) is 2.68. The minimum Gasteiger partial charge on any atom is -0.481 e. The van der Waals surface area contributed by atoms with Crippen molar-refractivity contribution in [3.8, 4) is 0 Å². The molecular weight excluding hydrogens is 204 g/mol. The molecule has 4 heteroatoms. The van der Waals surface area contributed by atoms with Gasteiger partial charge in [0.25, 0.3) is 0 Å². The summed E-state index contributed by atoms with van der Waals surface area (Å²) in [7, 11) is 0. The van der Waals surface area contributed by atoms with Gasteiger partial charge < -0.3 is 5.11 Å². The number of nitrogens with one attached hydrogen (secondary N) is 1. The maximum Gasteiger partial charge on any atom is 0.303 e. The second kappa shape index (κ2) is 4.35. The summed E-state index contributed by atoms with van der Waals surface area (Å²) in [5, 5.41) is 16.9. The summed E-state index contributed by atoms with van der Waals surface area (Å²) in [6.45, 7) is 2.07. The smallest absolute Gasteiger partial charge is 0.303 e. The molecule has 2 aromatic rings. The molecule has 0 bridgehead atoms. The minimum absolute atomic E-state index is 0.171. The molecule has 16 heavy (non-hydrogen) atoms. The highest BCUT2D eigenvalue weighted by molar-refractivity contribution is 5.82. The Morgan fingerprint density at radius 2 is 2.31 bits per heavy atom. The van der Waals surface area contributed by atoms with E-state index in [0.717, 1.165) is 28.6 Å². The Bertz CT molecular complexity index is 517. The first-order valence-corrected chi connectivity index (χ1v) is 5.38. The van der Waals surface area contributed by atoms with Crippen molar-refractivity contribution in [2.75, 3.05) is 0 Å². The lowest BCUT2D eigenvalue weighted by Crippen LogP contribution is -1.97. The molecule has 0 amide bonds. The van der Waals surface area contributed by atoms with Gasteiger partial charge in [-0.15, -0.1) is 0 Å². The second-order valence-corrected chi connectivity index (χ2v) is 3.80. The Morgan fingerprint density at radius 1 is 1.50 bits per heavy atom. The molecular formula is C12H14N2O2. The Kier molecular flexibility index (Phi) is 2.90. The van der Waals surface area contributed by atoms with Gasteiger partial charge in [-0.05, 0) is 30.5 Å². The SMILES string of the molecule is CCc1[nH]nc2ccc(CCC(=O)O)cc12. The summed E-state index contributed by atoms with van der Waals surface area (Å²) >= 11 is 0. The van der Waals surface area contributed by atoms with E-state index in [9.17, 15) is 4.79 Å². The normalized spacial score (nSPS) is 10.8. The van der Waals surface area contributed by atoms with Crippen LogP contribution < -0.4 is 0 Å². The number of carboxylic acids is 1. The third kappa shape index (κ3) is 2.05. The number of aryl methyl sites for hydroxylation is 2. The van der Waals surface area contributed by atoms with Gasteiger partial charge in [-0.3, -0.25) is 9.89 Å². The lowest BCUT2D eigenvalue weighted by atomic mass is 10.1. The lowest BCUT2D eigenvalue weighted by Gasteiger charge is -1.99. The summed E-state index contributed by atoms with van der Waals surface area (Å²) < 4.78 is 0. The van der Waals surface area contributed by atoms with Gasteiger partial charge in [-0.2, -0.15) is 5.10 Å². The number of carboxylic acid groups (broad SMARTS) is 1. The molecule has 2 rings (SSSR count). The Balaban J connectivity index is 2.30. The summed E-state index contributed by atoms with van der Waals surface area (Å²) in [5.41, 5.74) is 3.09. The maximum absolute atomic E-state index is 10.5. The van der Waals surface area contributed by atoms with Crippen molar-refractivity contribution in [1.29, 1.82) is 0 Å². The van der Waals surface area contributed by atoms with Gasteiger partial charge in [-0.1, -0.05) is 13.0 Å². The number of hydrogen-bond acceptors (Lipinski definition) is 2. The fourth-order valence-corrected chi connectivity index (χ4v) is 1.79. The number of aliphatic carboxylic acids is 1. The van der Waals surface area contributed by atoms with Crippen LogP contribution >= 0.6 is 0 Å². The van der Waals surface area contributed by atoms with Crippen LogP contribution in [0.5, 0.6) is 0 Å². The molecule has 0 unspecified atom stereocenters. The molecule has 4 nitrogen and oxygen atoms in total. The number of H-pyrrole nitrogens is 1. The van der Waals surface area contributed by atoms with Gasteiger partial charge in [0.1, 0.15) is 0 Å². The van der Waals surface area contributed by atoms with Gasteiger partial charge in [-0.25, -0.2) is 0 Å². The van der Waals surface area contributed by atoms with Crippen LogP contribution in [-0.4, -0.2) is 21.3 Å². The molecule has 1 aromatic carbocycles. The first kappa shape index (κ1) is 10.7. The molecule has 0 fully saturated rings. The van der Waals surface area contributed by atoms with Gasteiger partial charge in [0, 0.05) is 17.5 Å². The van der Waals surface area contributed by atoms with Crippen molar-refractivity contribution in [3.05, 3.63) is 29.5 Å². The monoisotopic (exact) mass is 218 g/mol. The van der Waals surface area contributed by atoms with E-state index in [0.29, 0.717) is 6.42 Å². The Hall–Kier alpha value is -1.84. The van der Waals surface area contributed by atoms with Crippen molar-refractivity contribution in [2.45, 2.75) is 26.2 Å². The highest BCUT2D eigenvalue weighted by Gasteiger charge is 2.05. The van der Waals surface area contributed by atoms with Crippen LogP contribution in [-0.2, 0) is 17.6 Å². The van der Waals surface area contributed by atoms with Gasteiger partial charge in [0.15, 0.2) is 0 Å². The molecule has 0 saturated heterocycles. The quantitative estimate of drug-likeness (QED) is 0.826. The number of nitrogens with zero attached hydrogens (tertiary/aromatic N) is 1. The number of hydrogen-bond donors (Lipinski definition) is 2. The molecule has 2 N–H and O–H groups in total. The summed E-state index contributed by atoms with van der Waals surface area (Å²) in [6.07, 6.45) is 1.64. The molecule has 0 aliphatic rings. The van der Waals surface area contributed by atoms with E-state index in [-0.39, 0.29) is 6.42 Å². The average Bonchev–Trinajstić information content (AvgIpc) is 2.68. The number of aromatic nitrogens is 2. The summed E-state index contributed by atoms with van der Waals surface area (Å²) in [4.78, 5) is 10.5. The molecule has 84 valence electrons. The van der Waals surface area contributed by atoms with Crippen LogP contribution in [0, 0.1) is 0 Å². The second-order valence-electron chi connectivity index (χ2n) is 3.80. The summed E-state index contributed by atoms with van der Waals surface area (Å²) in [6, 6.07) is 5.90. The van der Waals surface area contributed by atoms with Crippen LogP contribution in [0.3, 0.4) is 0 Å². The van der Waals surface area contributed by atoms with Crippen LogP contribution in [0.1, 0.15) is 24.6 Å². The van der Waals surface area contributed by atoms with Crippen LogP contribution in [0.25, 0.3) is 10.9 Å². The van der Waals surface area contributed by atoms with Crippen molar-refractivity contribution in [2.24, 2.45) is 0 Å². The van der Waals surface area contributed by atoms with Crippen LogP contribution in [0.2, 0.25) is 0 Å². The highest BCUT2D eigenvalue weighted by Crippen LogP contribution is 2.18. The molecule has 1 aromatic heterocycles. The largest absolute Gasteiger partial charge is 0.481 e. The van der Waals surface area contributed by atoms with E-state index in [1.54, 1.807) is 0 Å². The predicted molar refractivity (Wildman–Crippen MR) is 61.4 cm³/mol. The van der Waals surface area contributed by atoms with Gasteiger partial charge >= 0.3 is 5.97 Å². The first-order valence-electron chi connectivity index (χ1n) is 5.38. The molecule has 1 heterocycles. The number of fused-ring (bicyclic) bond motifs is 1. The van der Waals surface area contributed by atoms with E-state index >= 15 is 0 Å². The standard InChI is InChI=1S/C12H14N2O2/c1-2-10-9-7-8(4-6-12(15)16)3-5-11(9)14-13-10/h3,5,7H,2,4,6H2,1H3,(H,13,14)(H,15,16). The topological polar surface area (TPSA) is 66.0 Å². The van der Waals surface area contributed by atoms with E-state index < -0.39 is 5.97 Å². The van der Waals surface area contributed by atoms with Gasteiger partial charge in [0.2, 0.25) is 0 Å². The third-order valence-corrected chi connectivity index (χ3v) is 2.68. The highest BCUT2D eigenvalue weighted by atomic mass is 16.4. The Morgan fingerprint density at radius 3 is 3.00 bits per heavy atom. The molecule has 0 spiro atoms. The van der Waals surface area contributed by atoms with E-state index in [1.807, 2.05) is 18.2 Å². The fraction of sp³-hybridized carbons (Fsp3) is 0.333. The molecule has 0 aliphatic heterocycles. The van der Waals surface area contributed by atoms with Gasteiger partial charge in [0.05, 0.1) is 5.52 Å². The maximum atomic E-state index is 10.5. The number of aromatic amines is 1. The zero-order chi connectivity index (χ0) is 11.5. The minimum atomic E-state index is -0.761. The van der Waals surface area contributed by atoms with Crippen molar-refractivity contribution in [3.63, 3.8) is 0 Å².